The highest BCUT2D eigenvalue weighted by molar-refractivity contribution is 5.83. The minimum absolute atomic E-state index is 0.106. The molecule has 4 atom stereocenters. The average Bonchev–Trinajstić information content (AvgIpc) is 2.87. The highest BCUT2D eigenvalue weighted by Crippen LogP contribution is 2.71. The Labute approximate surface area is 125 Å². The van der Waals surface area contributed by atoms with Gasteiger partial charge in [0.2, 0.25) is 0 Å². The van der Waals surface area contributed by atoms with Crippen molar-refractivity contribution < 1.29 is 9.53 Å². The van der Waals surface area contributed by atoms with Gasteiger partial charge in [0, 0.05) is 36.3 Å². The van der Waals surface area contributed by atoms with Crippen LogP contribution in [0, 0.1) is 5.92 Å². The molecule has 21 heavy (non-hydrogen) atoms. The summed E-state index contributed by atoms with van der Waals surface area (Å²) in [5.41, 5.74) is 3.38. The molecule has 5 rings (SSSR count). The molecule has 0 amide bonds. The maximum absolute atomic E-state index is 12.2. The van der Waals surface area contributed by atoms with Gasteiger partial charge in [-0.15, -0.1) is 0 Å². The normalized spacial score (nSPS) is 43.0. The number of likely N-dealkylation sites (tertiary alicyclic amines) is 1. The fourth-order valence-corrected chi connectivity index (χ4v) is 6.41. The van der Waals surface area contributed by atoms with Crippen molar-refractivity contribution in [1.82, 2.24) is 4.90 Å². The van der Waals surface area contributed by atoms with E-state index in [9.17, 15) is 4.79 Å². The topological polar surface area (TPSA) is 29.5 Å². The smallest absolute Gasteiger partial charge is 0.133 e. The number of nitrogens with zero attached hydrogens (tertiary/aromatic N) is 1. The van der Waals surface area contributed by atoms with Crippen molar-refractivity contribution >= 4 is 5.78 Å². The minimum atomic E-state index is 0.106. The predicted octanol–water partition coefficient (Wildman–Crippen LogP) is 2.27. The second kappa shape index (κ2) is 3.52. The molecule has 3 nitrogen and oxygen atoms in total. The number of hydrogen-bond acceptors (Lipinski definition) is 3. The quantitative estimate of drug-likeness (QED) is 0.792. The standard InChI is InChI=1S/C18H21NO2/c1-19-10-18-9-17(8-11(20)3-5-14(17)16(18)19)15-7-12(21-2)4-6-13(15)18/h4,6-7,14,16H,3,5,8-10H2,1-2H3/t14-,16-,17?,18-/m0/s1. The molecular formula is C18H21NO2. The third-order valence-electron chi connectivity index (χ3n) is 6.84. The maximum Gasteiger partial charge on any atom is 0.133 e. The molecule has 0 aromatic heterocycles. The van der Waals surface area contributed by atoms with Crippen molar-refractivity contribution in [3.05, 3.63) is 29.3 Å². The fourth-order valence-electron chi connectivity index (χ4n) is 6.41. The van der Waals surface area contributed by atoms with Crippen LogP contribution in [0.1, 0.15) is 36.8 Å². The van der Waals surface area contributed by atoms with E-state index in [4.69, 9.17) is 4.74 Å². The number of benzene rings is 1. The number of rotatable bonds is 1. The van der Waals surface area contributed by atoms with E-state index < -0.39 is 0 Å². The Bertz CT molecular complexity index is 669. The van der Waals surface area contributed by atoms with Crippen molar-refractivity contribution in [3.8, 4) is 5.75 Å². The minimum Gasteiger partial charge on any atom is -0.497 e. The second-order valence-corrected chi connectivity index (χ2v) is 7.62. The number of carbonyl (C=O) groups is 1. The van der Waals surface area contributed by atoms with E-state index in [0.717, 1.165) is 31.6 Å². The van der Waals surface area contributed by atoms with Crippen LogP contribution in [0.25, 0.3) is 0 Å². The lowest BCUT2D eigenvalue weighted by molar-refractivity contribution is -0.124. The summed E-state index contributed by atoms with van der Waals surface area (Å²) in [4.78, 5) is 14.7. The SMILES string of the molecule is COc1ccc2c(c1)C13CC(=O)CC[C@H]1[C@@H]1N(C)C[C@@]21C3. The Balaban J connectivity index is 1.75. The zero-order chi connectivity index (χ0) is 14.4. The van der Waals surface area contributed by atoms with E-state index in [0.29, 0.717) is 23.2 Å². The number of Topliss-reactive ketones (excluding diaryl/α,β-unsaturated/α-hetero) is 1. The van der Waals surface area contributed by atoms with Gasteiger partial charge in [0.15, 0.2) is 0 Å². The monoisotopic (exact) mass is 283 g/mol. The highest BCUT2D eigenvalue weighted by Gasteiger charge is 2.74. The zero-order valence-corrected chi connectivity index (χ0v) is 12.7. The lowest BCUT2D eigenvalue weighted by atomic mass is 9.58. The lowest BCUT2D eigenvalue weighted by Gasteiger charge is -2.57. The van der Waals surface area contributed by atoms with Crippen molar-refractivity contribution in [2.75, 3.05) is 20.7 Å². The van der Waals surface area contributed by atoms with Gasteiger partial charge in [-0.25, -0.2) is 0 Å². The van der Waals surface area contributed by atoms with Gasteiger partial charge in [0.1, 0.15) is 11.5 Å². The van der Waals surface area contributed by atoms with Crippen LogP contribution in [-0.2, 0) is 15.6 Å². The first kappa shape index (κ1) is 12.2. The summed E-state index contributed by atoms with van der Waals surface area (Å²) < 4.78 is 5.45. The molecule has 3 aliphatic carbocycles. The summed E-state index contributed by atoms with van der Waals surface area (Å²) in [6.45, 7) is 1.16. The Kier molecular flexibility index (Phi) is 2.05. The van der Waals surface area contributed by atoms with Gasteiger partial charge in [-0.1, -0.05) is 6.07 Å². The number of carbonyl (C=O) groups excluding carboxylic acids is 1. The summed E-state index contributed by atoms with van der Waals surface area (Å²) in [7, 11) is 3.98. The summed E-state index contributed by atoms with van der Waals surface area (Å²) in [5.74, 6) is 2.06. The molecule has 0 N–H and O–H groups in total. The average molecular weight is 283 g/mol. The van der Waals surface area contributed by atoms with E-state index >= 15 is 0 Å². The van der Waals surface area contributed by atoms with Gasteiger partial charge in [0.05, 0.1) is 7.11 Å². The Morgan fingerprint density at radius 2 is 2.14 bits per heavy atom. The van der Waals surface area contributed by atoms with E-state index in [2.05, 4.69) is 30.1 Å². The molecule has 2 saturated carbocycles. The number of likely N-dealkylation sites (N-methyl/N-ethyl adjacent to an activating group) is 1. The van der Waals surface area contributed by atoms with Gasteiger partial charge in [0.25, 0.3) is 0 Å². The highest BCUT2D eigenvalue weighted by atomic mass is 16.5. The summed E-state index contributed by atoms with van der Waals surface area (Å²) >= 11 is 0. The van der Waals surface area contributed by atoms with Gasteiger partial charge in [-0.3, -0.25) is 4.79 Å². The molecule has 1 unspecified atom stereocenters. The van der Waals surface area contributed by atoms with Gasteiger partial charge in [-0.2, -0.15) is 0 Å². The Hall–Kier alpha value is -1.35. The third-order valence-corrected chi connectivity index (χ3v) is 6.84. The number of fused-ring (bicyclic) bond motifs is 2. The Morgan fingerprint density at radius 1 is 1.29 bits per heavy atom. The van der Waals surface area contributed by atoms with Crippen LogP contribution in [0.15, 0.2) is 18.2 Å². The van der Waals surface area contributed by atoms with Gasteiger partial charge < -0.3 is 9.64 Å². The summed E-state index contributed by atoms with van der Waals surface area (Å²) in [6.07, 6.45) is 3.80. The lowest BCUT2D eigenvalue weighted by Crippen LogP contribution is -2.66. The predicted molar refractivity (Wildman–Crippen MR) is 79.7 cm³/mol. The van der Waals surface area contributed by atoms with Crippen LogP contribution < -0.4 is 4.74 Å². The molecule has 0 radical (unpaired) electrons. The van der Waals surface area contributed by atoms with E-state index in [1.165, 1.54) is 17.5 Å². The zero-order valence-electron chi connectivity index (χ0n) is 12.7. The molecule has 2 bridgehead atoms. The van der Waals surface area contributed by atoms with Gasteiger partial charge in [-0.05, 0) is 49.1 Å². The first-order valence-electron chi connectivity index (χ1n) is 8.02. The summed E-state index contributed by atoms with van der Waals surface area (Å²) in [6, 6.07) is 7.26. The number of ether oxygens (including phenoxy) is 1. The number of methoxy groups -OCH3 is 1. The largest absolute Gasteiger partial charge is 0.497 e. The van der Waals surface area contributed by atoms with Crippen LogP contribution in [0.5, 0.6) is 5.75 Å². The second-order valence-electron chi connectivity index (χ2n) is 7.62. The van der Waals surface area contributed by atoms with Crippen molar-refractivity contribution in [1.29, 1.82) is 0 Å². The fraction of sp³-hybridized carbons (Fsp3) is 0.611. The number of ketones is 1. The first-order chi connectivity index (χ1) is 10.1. The third kappa shape index (κ3) is 1.16. The van der Waals surface area contributed by atoms with Crippen LogP contribution in [0.4, 0.5) is 0 Å². The van der Waals surface area contributed by atoms with Crippen molar-refractivity contribution in [3.63, 3.8) is 0 Å². The molecule has 1 aliphatic heterocycles. The van der Waals surface area contributed by atoms with Crippen LogP contribution in [-0.4, -0.2) is 37.4 Å². The molecule has 1 saturated heterocycles. The van der Waals surface area contributed by atoms with Crippen LogP contribution in [0.3, 0.4) is 0 Å². The maximum atomic E-state index is 12.2. The molecular weight excluding hydrogens is 262 g/mol. The molecule has 1 aromatic carbocycles. The number of hydrogen-bond donors (Lipinski definition) is 0. The molecule has 4 aliphatic rings. The molecule has 1 aromatic rings. The first-order valence-corrected chi connectivity index (χ1v) is 8.02. The molecule has 3 heteroatoms. The molecule has 3 fully saturated rings. The molecule has 1 heterocycles. The summed E-state index contributed by atoms with van der Waals surface area (Å²) in [5, 5.41) is 0. The van der Waals surface area contributed by atoms with E-state index in [-0.39, 0.29) is 5.41 Å². The van der Waals surface area contributed by atoms with E-state index in [1.807, 2.05) is 0 Å². The Morgan fingerprint density at radius 3 is 2.90 bits per heavy atom. The van der Waals surface area contributed by atoms with Crippen molar-refractivity contribution in [2.24, 2.45) is 5.92 Å². The van der Waals surface area contributed by atoms with E-state index in [1.54, 1.807) is 7.11 Å². The van der Waals surface area contributed by atoms with Crippen LogP contribution >= 0.6 is 0 Å². The van der Waals surface area contributed by atoms with Gasteiger partial charge >= 0.3 is 0 Å². The van der Waals surface area contributed by atoms with Crippen LogP contribution in [0.2, 0.25) is 0 Å². The molecule has 2 spiro atoms. The molecule has 110 valence electrons. The van der Waals surface area contributed by atoms with Crippen molar-refractivity contribution in [2.45, 2.75) is 42.6 Å².